The SMILES string of the molecule is Cc1ncn(-c2cc(NCCNC(=O)c3ccccc3OC(F)(F)F)ncn2)c1C. The van der Waals surface area contributed by atoms with Gasteiger partial charge in [0.1, 0.15) is 30.0 Å². The number of aromatic nitrogens is 4. The van der Waals surface area contributed by atoms with Crippen molar-refractivity contribution in [2.45, 2.75) is 20.2 Å². The van der Waals surface area contributed by atoms with E-state index in [0.29, 0.717) is 18.2 Å². The van der Waals surface area contributed by atoms with E-state index in [1.807, 2.05) is 18.4 Å². The van der Waals surface area contributed by atoms with Crippen LogP contribution in [0.4, 0.5) is 19.0 Å². The highest BCUT2D eigenvalue weighted by Gasteiger charge is 2.32. The lowest BCUT2D eigenvalue weighted by molar-refractivity contribution is -0.274. The quantitative estimate of drug-likeness (QED) is 0.571. The number of nitrogens with zero attached hydrogens (tertiary/aromatic N) is 4. The second-order valence-corrected chi connectivity index (χ2v) is 6.27. The maximum Gasteiger partial charge on any atom is 0.573 e. The van der Waals surface area contributed by atoms with Gasteiger partial charge in [0.15, 0.2) is 0 Å². The van der Waals surface area contributed by atoms with Crippen molar-refractivity contribution in [2.75, 3.05) is 18.4 Å². The minimum atomic E-state index is -4.88. The van der Waals surface area contributed by atoms with Gasteiger partial charge in [-0.3, -0.25) is 9.36 Å². The summed E-state index contributed by atoms with van der Waals surface area (Å²) in [5.74, 6) is -0.0693. The zero-order valence-electron chi connectivity index (χ0n) is 16.2. The van der Waals surface area contributed by atoms with Crippen LogP contribution in [0, 0.1) is 13.8 Å². The fourth-order valence-electron chi connectivity index (χ4n) is 2.63. The van der Waals surface area contributed by atoms with Crippen molar-refractivity contribution in [1.29, 1.82) is 0 Å². The highest BCUT2D eigenvalue weighted by molar-refractivity contribution is 5.96. The van der Waals surface area contributed by atoms with Crippen molar-refractivity contribution >= 4 is 11.7 Å². The van der Waals surface area contributed by atoms with Gasteiger partial charge >= 0.3 is 6.36 Å². The van der Waals surface area contributed by atoms with E-state index in [-0.39, 0.29) is 12.1 Å². The number of imidazole rings is 1. The van der Waals surface area contributed by atoms with Crippen LogP contribution >= 0.6 is 0 Å². The average Bonchev–Trinajstić information content (AvgIpc) is 3.03. The monoisotopic (exact) mass is 420 g/mol. The standard InChI is InChI=1S/C19H19F3N6O2/c1-12-13(2)28(11-27-12)17-9-16(25-10-26-17)23-7-8-24-18(29)14-5-3-4-6-15(14)30-19(20,21)22/h3-6,9-11H,7-8H2,1-2H3,(H,24,29)(H,23,25,26). The Morgan fingerprint density at radius 1 is 1.13 bits per heavy atom. The third-order valence-corrected chi connectivity index (χ3v) is 4.23. The van der Waals surface area contributed by atoms with E-state index in [1.54, 1.807) is 12.4 Å². The average molecular weight is 420 g/mol. The van der Waals surface area contributed by atoms with E-state index < -0.39 is 18.0 Å². The molecular formula is C19H19F3N6O2. The first-order valence-electron chi connectivity index (χ1n) is 8.94. The van der Waals surface area contributed by atoms with Gasteiger partial charge in [-0.1, -0.05) is 12.1 Å². The Balaban J connectivity index is 1.56. The summed E-state index contributed by atoms with van der Waals surface area (Å²) < 4.78 is 43.2. The smallest absolute Gasteiger partial charge is 0.405 e. The summed E-state index contributed by atoms with van der Waals surface area (Å²) in [5.41, 5.74) is 1.64. The van der Waals surface area contributed by atoms with Gasteiger partial charge in [-0.15, -0.1) is 13.2 Å². The van der Waals surface area contributed by atoms with Gasteiger partial charge in [0.25, 0.3) is 5.91 Å². The molecule has 0 saturated heterocycles. The molecule has 0 atom stereocenters. The van der Waals surface area contributed by atoms with E-state index in [1.165, 1.54) is 24.5 Å². The Bertz CT molecular complexity index is 1040. The number of alkyl halides is 3. The van der Waals surface area contributed by atoms with Crippen LogP contribution in [0.2, 0.25) is 0 Å². The molecule has 1 amide bonds. The second kappa shape index (κ2) is 8.80. The Morgan fingerprint density at radius 2 is 1.90 bits per heavy atom. The summed E-state index contributed by atoms with van der Waals surface area (Å²) in [7, 11) is 0. The molecule has 2 aromatic heterocycles. The van der Waals surface area contributed by atoms with Crippen LogP contribution in [0.1, 0.15) is 21.7 Å². The number of benzene rings is 1. The van der Waals surface area contributed by atoms with Crippen LogP contribution in [-0.4, -0.2) is 44.9 Å². The molecule has 11 heteroatoms. The van der Waals surface area contributed by atoms with Gasteiger partial charge in [0, 0.05) is 24.8 Å². The maximum absolute atomic E-state index is 12.5. The molecule has 3 aromatic rings. The molecule has 0 radical (unpaired) electrons. The van der Waals surface area contributed by atoms with E-state index in [0.717, 1.165) is 17.5 Å². The Hall–Kier alpha value is -3.63. The van der Waals surface area contributed by atoms with Gasteiger partial charge in [-0.05, 0) is 26.0 Å². The lowest BCUT2D eigenvalue weighted by atomic mass is 10.2. The number of amides is 1. The zero-order chi connectivity index (χ0) is 21.7. The highest BCUT2D eigenvalue weighted by Crippen LogP contribution is 2.26. The molecule has 30 heavy (non-hydrogen) atoms. The summed E-state index contributed by atoms with van der Waals surface area (Å²) in [4.78, 5) is 24.8. The number of para-hydroxylation sites is 1. The number of carbonyl (C=O) groups is 1. The molecule has 0 aliphatic rings. The van der Waals surface area contributed by atoms with E-state index in [4.69, 9.17) is 0 Å². The van der Waals surface area contributed by atoms with E-state index >= 15 is 0 Å². The van der Waals surface area contributed by atoms with Crippen LogP contribution < -0.4 is 15.4 Å². The lowest BCUT2D eigenvalue weighted by Crippen LogP contribution is -2.30. The number of rotatable bonds is 7. The van der Waals surface area contributed by atoms with E-state index in [2.05, 4.69) is 30.3 Å². The first-order chi connectivity index (χ1) is 14.2. The predicted molar refractivity (Wildman–Crippen MR) is 103 cm³/mol. The van der Waals surface area contributed by atoms with Crippen molar-refractivity contribution in [3.63, 3.8) is 0 Å². The fraction of sp³-hybridized carbons (Fsp3) is 0.263. The number of anilines is 1. The second-order valence-electron chi connectivity index (χ2n) is 6.27. The molecule has 0 fully saturated rings. The molecule has 158 valence electrons. The van der Waals surface area contributed by atoms with Crippen molar-refractivity contribution in [1.82, 2.24) is 24.8 Å². The minimum Gasteiger partial charge on any atom is -0.405 e. The van der Waals surface area contributed by atoms with Crippen molar-refractivity contribution in [2.24, 2.45) is 0 Å². The molecule has 0 bridgehead atoms. The van der Waals surface area contributed by atoms with Crippen LogP contribution in [0.5, 0.6) is 5.75 Å². The largest absolute Gasteiger partial charge is 0.573 e. The fourth-order valence-corrected chi connectivity index (χ4v) is 2.63. The summed E-state index contributed by atoms with van der Waals surface area (Å²) in [6, 6.07) is 6.88. The number of carbonyl (C=O) groups excluding carboxylic acids is 1. The highest BCUT2D eigenvalue weighted by atomic mass is 19.4. The van der Waals surface area contributed by atoms with E-state index in [9.17, 15) is 18.0 Å². The normalized spacial score (nSPS) is 11.2. The number of aryl methyl sites for hydroxylation is 1. The molecule has 0 unspecified atom stereocenters. The van der Waals surface area contributed by atoms with Gasteiger partial charge in [0.2, 0.25) is 0 Å². The van der Waals surface area contributed by atoms with Crippen LogP contribution in [0.15, 0.2) is 43.0 Å². The molecule has 1 aromatic carbocycles. The van der Waals surface area contributed by atoms with Crippen LogP contribution in [-0.2, 0) is 0 Å². The molecule has 3 rings (SSSR count). The Morgan fingerprint density at radius 3 is 2.60 bits per heavy atom. The Kier molecular flexibility index (Phi) is 6.19. The first-order valence-corrected chi connectivity index (χ1v) is 8.94. The summed E-state index contributed by atoms with van der Waals surface area (Å²) in [6.07, 6.45) is -1.82. The predicted octanol–water partition coefficient (Wildman–Crippen LogP) is 3.02. The molecule has 2 heterocycles. The number of nitrogens with one attached hydrogen (secondary N) is 2. The molecule has 0 aliphatic carbocycles. The molecule has 2 N–H and O–H groups in total. The molecule has 0 spiro atoms. The number of hydrogen-bond acceptors (Lipinski definition) is 6. The van der Waals surface area contributed by atoms with Crippen LogP contribution in [0.3, 0.4) is 0 Å². The van der Waals surface area contributed by atoms with Crippen molar-refractivity contribution in [3.05, 3.63) is 59.9 Å². The summed E-state index contributed by atoms with van der Waals surface area (Å²) in [6.45, 7) is 4.27. The van der Waals surface area contributed by atoms with Crippen LogP contribution in [0.25, 0.3) is 5.82 Å². The first kappa shape index (κ1) is 21.1. The van der Waals surface area contributed by atoms with Gasteiger partial charge in [0.05, 0.1) is 11.3 Å². The topological polar surface area (TPSA) is 94.0 Å². The number of ether oxygens (including phenoxy) is 1. The summed E-state index contributed by atoms with van der Waals surface area (Å²) >= 11 is 0. The molecule has 0 aliphatic heterocycles. The van der Waals surface area contributed by atoms with Crippen molar-refractivity contribution < 1.29 is 22.7 Å². The maximum atomic E-state index is 12.5. The molecule has 8 nitrogen and oxygen atoms in total. The Labute approximate surface area is 170 Å². The van der Waals surface area contributed by atoms with Crippen molar-refractivity contribution in [3.8, 4) is 11.6 Å². The van der Waals surface area contributed by atoms with Gasteiger partial charge < -0.3 is 15.4 Å². The van der Waals surface area contributed by atoms with Gasteiger partial charge in [-0.2, -0.15) is 0 Å². The number of halogens is 3. The lowest BCUT2D eigenvalue weighted by Gasteiger charge is -2.13. The zero-order valence-corrected chi connectivity index (χ0v) is 16.2. The summed E-state index contributed by atoms with van der Waals surface area (Å²) in [5, 5.41) is 5.58. The minimum absolute atomic E-state index is 0.154. The third-order valence-electron chi connectivity index (χ3n) is 4.23. The molecular weight excluding hydrogens is 401 g/mol. The third kappa shape index (κ3) is 5.25. The van der Waals surface area contributed by atoms with Gasteiger partial charge in [-0.25, -0.2) is 15.0 Å². The molecule has 0 saturated carbocycles. The number of hydrogen-bond donors (Lipinski definition) is 2.